The molecule has 0 atom stereocenters. The summed E-state index contributed by atoms with van der Waals surface area (Å²) in [5, 5.41) is 7.40. The zero-order valence-electron chi connectivity index (χ0n) is 9.76. The highest BCUT2D eigenvalue weighted by atomic mass is 79.9. The summed E-state index contributed by atoms with van der Waals surface area (Å²) in [5.74, 6) is 0.197. The lowest BCUT2D eigenvalue weighted by atomic mass is 10.2. The molecule has 4 nitrogen and oxygen atoms in total. The smallest absolute Gasteiger partial charge is 0.258 e. The summed E-state index contributed by atoms with van der Waals surface area (Å²) in [5.41, 5.74) is 1.19. The molecule has 0 saturated carbocycles. The molecule has 1 aromatic heterocycles. The Kier molecular flexibility index (Phi) is 3.05. The minimum Gasteiger partial charge on any atom is -0.354 e. The molecule has 94 valence electrons. The standard InChI is InChI=1S/C14H9BrN2O2/c15-11-7-3-1-5-9(11)14(18)16-13-10-6-2-4-8-12(10)19-17-13/h1-8H,(H,16,17,18). The van der Waals surface area contributed by atoms with Crippen LogP contribution >= 0.6 is 15.9 Å². The van der Waals surface area contributed by atoms with Gasteiger partial charge < -0.3 is 9.84 Å². The van der Waals surface area contributed by atoms with E-state index in [1.54, 1.807) is 18.2 Å². The van der Waals surface area contributed by atoms with Crippen LogP contribution in [0.3, 0.4) is 0 Å². The van der Waals surface area contributed by atoms with Crippen LogP contribution in [0.2, 0.25) is 0 Å². The minimum absolute atomic E-state index is 0.230. The van der Waals surface area contributed by atoms with Crippen molar-refractivity contribution in [2.24, 2.45) is 0 Å². The van der Waals surface area contributed by atoms with E-state index in [-0.39, 0.29) is 5.91 Å². The average Bonchev–Trinajstić information content (AvgIpc) is 2.83. The van der Waals surface area contributed by atoms with E-state index in [1.807, 2.05) is 30.3 Å². The van der Waals surface area contributed by atoms with Gasteiger partial charge in [0, 0.05) is 4.47 Å². The fraction of sp³-hybridized carbons (Fsp3) is 0. The van der Waals surface area contributed by atoms with Crippen LogP contribution in [0, 0.1) is 0 Å². The van der Waals surface area contributed by atoms with Crippen molar-refractivity contribution in [3.05, 3.63) is 58.6 Å². The third-order valence-corrected chi connectivity index (χ3v) is 3.42. The fourth-order valence-electron chi connectivity index (χ4n) is 1.80. The number of hydrogen-bond donors (Lipinski definition) is 1. The van der Waals surface area contributed by atoms with Gasteiger partial charge in [0.05, 0.1) is 10.9 Å². The molecule has 3 aromatic rings. The summed E-state index contributed by atoms with van der Waals surface area (Å²) in [6.45, 7) is 0. The second-order valence-electron chi connectivity index (χ2n) is 3.96. The molecule has 0 unspecified atom stereocenters. The van der Waals surface area contributed by atoms with Gasteiger partial charge in [-0.05, 0) is 40.2 Å². The number of carbonyl (C=O) groups is 1. The quantitative estimate of drug-likeness (QED) is 0.781. The van der Waals surface area contributed by atoms with Crippen molar-refractivity contribution < 1.29 is 9.32 Å². The first-order valence-corrected chi connectivity index (χ1v) is 6.45. The maximum atomic E-state index is 12.2. The van der Waals surface area contributed by atoms with Crippen LogP contribution in [0.25, 0.3) is 11.0 Å². The lowest BCUT2D eigenvalue weighted by Crippen LogP contribution is -2.12. The maximum Gasteiger partial charge on any atom is 0.258 e. The molecule has 2 aromatic carbocycles. The number of para-hydroxylation sites is 1. The molecule has 5 heteroatoms. The Labute approximate surface area is 117 Å². The number of fused-ring (bicyclic) bond motifs is 1. The highest BCUT2D eigenvalue weighted by molar-refractivity contribution is 9.10. The number of aromatic nitrogens is 1. The first kappa shape index (κ1) is 11.9. The van der Waals surface area contributed by atoms with Gasteiger partial charge in [-0.1, -0.05) is 29.4 Å². The van der Waals surface area contributed by atoms with Crippen LogP contribution in [-0.4, -0.2) is 11.1 Å². The van der Waals surface area contributed by atoms with E-state index in [9.17, 15) is 4.79 Å². The summed E-state index contributed by atoms with van der Waals surface area (Å²) in [7, 11) is 0. The molecule has 0 aliphatic rings. The van der Waals surface area contributed by atoms with Crippen molar-refractivity contribution in [2.75, 3.05) is 5.32 Å². The number of hydrogen-bond acceptors (Lipinski definition) is 3. The van der Waals surface area contributed by atoms with E-state index >= 15 is 0 Å². The van der Waals surface area contributed by atoms with Crippen molar-refractivity contribution in [1.29, 1.82) is 0 Å². The van der Waals surface area contributed by atoms with Crippen LogP contribution in [-0.2, 0) is 0 Å². The molecule has 1 amide bonds. The Hall–Kier alpha value is -2.14. The summed E-state index contributed by atoms with van der Waals surface area (Å²) in [6, 6.07) is 14.6. The van der Waals surface area contributed by atoms with Gasteiger partial charge in [-0.2, -0.15) is 0 Å². The minimum atomic E-state index is -0.230. The van der Waals surface area contributed by atoms with Gasteiger partial charge in [0.15, 0.2) is 11.4 Å². The number of nitrogens with zero attached hydrogens (tertiary/aromatic N) is 1. The largest absolute Gasteiger partial charge is 0.354 e. The lowest BCUT2D eigenvalue weighted by Gasteiger charge is -2.03. The van der Waals surface area contributed by atoms with E-state index in [1.165, 1.54) is 0 Å². The van der Waals surface area contributed by atoms with Crippen molar-refractivity contribution in [2.45, 2.75) is 0 Å². The number of rotatable bonds is 2. The number of amides is 1. The molecule has 0 aliphatic heterocycles. The highest BCUT2D eigenvalue weighted by Crippen LogP contribution is 2.23. The number of carbonyl (C=O) groups excluding carboxylic acids is 1. The molecule has 3 rings (SSSR count). The molecule has 0 saturated heterocycles. The lowest BCUT2D eigenvalue weighted by molar-refractivity contribution is 0.102. The monoisotopic (exact) mass is 316 g/mol. The van der Waals surface area contributed by atoms with Gasteiger partial charge in [-0.15, -0.1) is 0 Å². The van der Waals surface area contributed by atoms with Crippen LogP contribution in [0.1, 0.15) is 10.4 Å². The number of anilines is 1. The summed E-state index contributed by atoms with van der Waals surface area (Å²) in [6.07, 6.45) is 0. The average molecular weight is 317 g/mol. The maximum absolute atomic E-state index is 12.2. The molecule has 0 bridgehead atoms. The summed E-state index contributed by atoms with van der Waals surface area (Å²) >= 11 is 3.35. The Morgan fingerprint density at radius 1 is 1.11 bits per heavy atom. The topological polar surface area (TPSA) is 55.1 Å². The van der Waals surface area contributed by atoms with Gasteiger partial charge >= 0.3 is 0 Å². The predicted octanol–water partition coefficient (Wildman–Crippen LogP) is 3.84. The normalized spacial score (nSPS) is 10.6. The van der Waals surface area contributed by atoms with Crippen LogP contribution in [0.5, 0.6) is 0 Å². The molecule has 0 aliphatic carbocycles. The highest BCUT2D eigenvalue weighted by Gasteiger charge is 2.13. The van der Waals surface area contributed by atoms with E-state index in [0.29, 0.717) is 17.0 Å². The fourth-order valence-corrected chi connectivity index (χ4v) is 2.26. The van der Waals surface area contributed by atoms with E-state index in [2.05, 4.69) is 26.4 Å². The molecule has 0 fully saturated rings. The van der Waals surface area contributed by atoms with Gasteiger partial charge in [0.1, 0.15) is 0 Å². The van der Waals surface area contributed by atoms with E-state index < -0.39 is 0 Å². The first-order chi connectivity index (χ1) is 9.25. The zero-order valence-corrected chi connectivity index (χ0v) is 11.3. The number of benzene rings is 2. The summed E-state index contributed by atoms with van der Waals surface area (Å²) < 4.78 is 5.88. The van der Waals surface area contributed by atoms with E-state index in [0.717, 1.165) is 9.86 Å². The Balaban J connectivity index is 1.94. The Bertz CT molecular complexity index is 752. The zero-order chi connectivity index (χ0) is 13.2. The second-order valence-corrected chi connectivity index (χ2v) is 4.82. The second kappa shape index (κ2) is 4.85. The molecular formula is C14H9BrN2O2. The SMILES string of the molecule is O=C(Nc1noc2ccccc12)c1ccccc1Br. The van der Waals surface area contributed by atoms with E-state index in [4.69, 9.17) is 4.52 Å². The van der Waals surface area contributed by atoms with Gasteiger partial charge in [-0.25, -0.2) is 0 Å². The van der Waals surface area contributed by atoms with Gasteiger partial charge in [0.25, 0.3) is 5.91 Å². The van der Waals surface area contributed by atoms with Crippen LogP contribution < -0.4 is 5.32 Å². The third kappa shape index (κ3) is 2.24. The molecule has 1 N–H and O–H groups in total. The first-order valence-electron chi connectivity index (χ1n) is 5.66. The Morgan fingerprint density at radius 3 is 2.68 bits per heavy atom. The number of nitrogens with one attached hydrogen (secondary N) is 1. The van der Waals surface area contributed by atoms with Crippen molar-refractivity contribution in [3.8, 4) is 0 Å². The van der Waals surface area contributed by atoms with Crippen molar-refractivity contribution in [1.82, 2.24) is 5.16 Å². The molecule has 0 spiro atoms. The van der Waals surface area contributed by atoms with Gasteiger partial charge in [0.2, 0.25) is 0 Å². The van der Waals surface area contributed by atoms with Crippen LogP contribution in [0.15, 0.2) is 57.5 Å². The molecule has 19 heavy (non-hydrogen) atoms. The van der Waals surface area contributed by atoms with Crippen LogP contribution in [0.4, 0.5) is 5.82 Å². The molecular weight excluding hydrogens is 308 g/mol. The van der Waals surface area contributed by atoms with Crippen molar-refractivity contribution >= 4 is 38.6 Å². The number of halogens is 1. The summed E-state index contributed by atoms with van der Waals surface area (Å²) in [4.78, 5) is 12.2. The third-order valence-electron chi connectivity index (χ3n) is 2.73. The predicted molar refractivity (Wildman–Crippen MR) is 76.1 cm³/mol. The Morgan fingerprint density at radius 2 is 1.84 bits per heavy atom. The molecule has 0 radical (unpaired) electrons. The van der Waals surface area contributed by atoms with Crippen molar-refractivity contribution in [3.63, 3.8) is 0 Å². The van der Waals surface area contributed by atoms with Gasteiger partial charge in [-0.3, -0.25) is 4.79 Å². The molecule has 1 heterocycles.